The second-order valence-corrected chi connectivity index (χ2v) is 3.59. The number of halogens is 1. The van der Waals surface area contributed by atoms with Crippen molar-refractivity contribution in [1.82, 2.24) is 4.98 Å². The number of hydrogen-bond acceptors (Lipinski definition) is 3. The molecule has 0 saturated carbocycles. The van der Waals surface area contributed by atoms with E-state index in [1.807, 2.05) is 6.92 Å². The molecule has 0 saturated heterocycles. The molecule has 11 heavy (non-hydrogen) atoms. The largest absolute Gasteiger partial charge is 0.375 e. The van der Waals surface area contributed by atoms with Gasteiger partial charge in [0.1, 0.15) is 11.1 Å². The third kappa shape index (κ3) is 2.15. The first kappa shape index (κ1) is 8.97. The highest BCUT2D eigenvalue weighted by Crippen LogP contribution is 2.22. The van der Waals surface area contributed by atoms with Gasteiger partial charge in [-0.2, -0.15) is 0 Å². The van der Waals surface area contributed by atoms with Crippen molar-refractivity contribution in [2.75, 3.05) is 7.11 Å². The highest BCUT2D eigenvalue weighted by molar-refractivity contribution is 7.11. The molecule has 1 unspecified atom stereocenters. The Bertz CT molecular complexity index is 226. The molecular weight excluding hydrogens is 182 g/mol. The number of nitrogens with zero attached hydrogens (tertiary/aromatic N) is 1. The molecule has 0 radical (unpaired) electrons. The highest BCUT2D eigenvalue weighted by atomic mass is 35.5. The van der Waals surface area contributed by atoms with Gasteiger partial charge in [0.2, 0.25) is 0 Å². The monoisotopic (exact) mass is 191 g/mol. The lowest BCUT2D eigenvalue weighted by Crippen LogP contribution is -1.93. The summed E-state index contributed by atoms with van der Waals surface area (Å²) in [4.78, 5) is 5.26. The average molecular weight is 192 g/mol. The Kier molecular flexibility index (Phi) is 3.30. The van der Waals surface area contributed by atoms with E-state index in [0.29, 0.717) is 5.88 Å². The van der Waals surface area contributed by atoms with Crippen LogP contribution in [0.5, 0.6) is 0 Å². The molecule has 1 aromatic heterocycles. The fourth-order valence-electron chi connectivity index (χ4n) is 0.673. The average Bonchev–Trinajstić information content (AvgIpc) is 2.50. The van der Waals surface area contributed by atoms with Gasteiger partial charge in [0.05, 0.1) is 5.88 Å². The van der Waals surface area contributed by atoms with Crippen LogP contribution in [-0.4, -0.2) is 12.1 Å². The van der Waals surface area contributed by atoms with Crippen molar-refractivity contribution in [3.8, 4) is 0 Å². The first-order valence-corrected chi connectivity index (χ1v) is 4.66. The zero-order chi connectivity index (χ0) is 8.27. The van der Waals surface area contributed by atoms with Gasteiger partial charge in [0.15, 0.2) is 0 Å². The van der Waals surface area contributed by atoms with Gasteiger partial charge in [-0.15, -0.1) is 22.9 Å². The zero-order valence-corrected chi connectivity index (χ0v) is 8.08. The molecule has 0 aliphatic carbocycles. The highest BCUT2D eigenvalue weighted by Gasteiger charge is 2.07. The molecule has 0 fully saturated rings. The number of ether oxygens (including phenoxy) is 1. The normalized spacial score (nSPS) is 13.4. The van der Waals surface area contributed by atoms with Crippen LogP contribution in [0.4, 0.5) is 0 Å². The minimum Gasteiger partial charge on any atom is -0.375 e. The Morgan fingerprint density at radius 3 is 3.00 bits per heavy atom. The summed E-state index contributed by atoms with van der Waals surface area (Å²) in [5.41, 5.74) is 0. The Labute approximate surface area is 75.2 Å². The maximum Gasteiger partial charge on any atom is 0.121 e. The molecule has 0 bridgehead atoms. The second-order valence-electron chi connectivity index (χ2n) is 2.18. The molecule has 0 spiro atoms. The van der Waals surface area contributed by atoms with E-state index in [4.69, 9.17) is 16.3 Å². The lowest BCUT2D eigenvalue weighted by atomic mass is 10.4. The Balaban J connectivity index is 2.71. The fourth-order valence-corrected chi connectivity index (χ4v) is 1.70. The number of alkyl halides is 1. The van der Waals surface area contributed by atoms with E-state index in [1.54, 1.807) is 24.6 Å². The van der Waals surface area contributed by atoms with Crippen LogP contribution in [-0.2, 0) is 10.6 Å². The van der Waals surface area contributed by atoms with Crippen LogP contribution in [0, 0.1) is 0 Å². The number of hydrogen-bond donors (Lipinski definition) is 0. The van der Waals surface area contributed by atoms with Crippen LogP contribution in [0.2, 0.25) is 0 Å². The summed E-state index contributed by atoms with van der Waals surface area (Å²) in [6, 6.07) is 0. The molecule has 0 aliphatic rings. The van der Waals surface area contributed by atoms with Gasteiger partial charge in [0, 0.05) is 18.2 Å². The van der Waals surface area contributed by atoms with Gasteiger partial charge in [-0.05, 0) is 6.92 Å². The quantitative estimate of drug-likeness (QED) is 0.686. The summed E-state index contributed by atoms with van der Waals surface area (Å²) >= 11 is 7.22. The topological polar surface area (TPSA) is 22.1 Å². The van der Waals surface area contributed by atoms with Crippen LogP contribution in [0.1, 0.15) is 22.9 Å². The van der Waals surface area contributed by atoms with Crippen LogP contribution in [0.15, 0.2) is 6.20 Å². The van der Waals surface area contributed by atoms with Crippen molar-refractivity contribution in [2.45, 2.75) is 18.9 Å². The van der Waals surface area contributed by atoms with Crippen molar-refractivity contribution >= 4 is 22.9 Å². The van der Waals surface area contributed by atoms with Gasteiger partial charge >= 0.3 is 0 Å². The summed E-state index contributed by atoms with van der Waals surface area (Å²) in [5, 5.41) is 0.989. The van der Waals surface area contributed by atoms with E-state index in [2.05, 4.69) is 4.98 Å². The molecule has 62 valence electrons. The molecule has 4 heteroatoms. The van der Waals surface area contributed by atoms with E-state index >= 15 is 0 Å². The predicted octanol–water partition coefficient (Wildman–Crippen LogP) is 2.59. The SMILES string of the molecule is COC(C)c1ncc(CCl)s1. The van der Waals surface area contributed by atoms with E-state index < -0.39 is 0 Å². The van der Waals surface area contributed by atoms with Crippen molar-refractivity contribution in [3.63, 3.8) is 0 Å². The summed E-state index contributed by atoms with van der Waals surface area (Å²) < 4.78 is 5.10. The van der Waals surface area contributed by atoms with Gasteiger partial charge in [-0.25, -0.2) is 4.98 Å². The molecular formula is C7H10ClNOS. The molecule has 1 heterocycles. The lowest BCUT2D eigenvalue weighted by Gasteiger charge is -2.02. The zero-order valence-electron chi connectivity index (χ0n) is 6.50. The standard InChI is InChI=1S/C7H10ClNOS/c1-5(10-2)7-9-4-6(3-8)11-7/h4-5H,3H2,1-2H3. The van der Waals surface area contributed by atoms with Crippen molar-refractivity contribution in [3.05, 3.63) is 16.1 Å². The minimum absolute atomic E-state index is 0.0805. The third-order valence-corrected chi connectivity index (χ3v) is 3.01. The smallest absolute Gasteiger partial charge is 0.121 e. The van der Waals surface area contributed by atoms with E-state index in [-0.39, 0.29) is 6.10 Å². The molecule has 0 amide bonds. The number of aromatic nitrogens is 1. The van der Waals surface area contributed by atoms with Crippen LogP contribution < -0.4 is 0 Å². The van der Waals surface area contributed by atoms with Crippen molar-refractivity contribution in [1.29, 1.82) is 0 Å². The van der Waals surface area contributed by atoms with E-state index in [1.165, 1.54) is 0 Å². The van der Waals surface area contributed by atoms with Crippen LogP contribution in [0.3, 0.4) is 0 Å². The maximum atomic E-state index is 5.62. The van der Waals surface area contributed by atoms with Crippen LogP contribution >= 0.6 is 22.9 Å². The Hall–Kier alpha value is -0.120. The maximum absolute atomic E-state index is 5.62. The summed E-state index contributed by atoms with van der Waals surface area (Å²) in [7, 11) is 1.67. The molecule has 1 rings (SSSR count). The molecule has 0 aromatic carbocycles. The Morgan fingerprint density at radius 2 is 2.55 bits per heavy atom. The van der Waals surface area contributed by atoms with E-state index in [9.17, 15) is 0 Å². The van der Waals surface area contributed by atoms with Gasteiger partial charge in [-0.1, -0.05) is 0 Å². The minimum atomic E-state index is 0.0805. The predicted molar refractivity (Wildman–Crippen MR) is 47.1 cm³/mol. The van der Waals surface area contributed by atoms with Gasteiger partial charge in [0.25, 0.3) is 0 Å². The van der Waals surface area contributed by atoms with Gasteiger partial charge < -0.3 is 4.74 Å². The van der Waals surface area contributed by atoms with Crippen LogP contribution in [0.25, 0.3) is 0 Å². The molecule has 2 nitrogen and oxygen atoms in total. The summed E-state index contributed by atoms with van der Waals surface area (Å²) in [6.07, 6.45) is 1.87. The fraction of sp³-hybridized carbons (Fsp3) is 0.571. The Morgan fingerprint density at radius 1 is 1.82 bits per heavy atom. The first-order chi connectivity index (χ1) is 5.27. The molecule has 0 N–H and O–H groups in total. The number of methoxy groups -OCH3 is 1. The molecule has 1 aromatic rings. The first-order valence-electron chi connectivity index (χ1n) is 3.31. The molecule has 1 atom stereocenters. The third-order valence-electron chi connectivity index (χ3n) is 1.40. The van der Waals surface area contributed by atoms with Gasteiger partial charge in [-0.3, -0.25) is 0 Å². The lowest BCUT2D eigenvalue weighted by molar-refractivity contribution is 0.119. The summed E-state index contributed by atoms with van der Waals surface area (Å²) in [5.74, 6) is 0.536. The number of rotatable bonds is 3. The van der Waals surface area contributed by atoms with E-state index in [0.717, 1.165) is 9.88 Å². The summed E-state index contributed by atoms with van der Waals surface area (Å²) in [6.45, 7) is 1.97. The second kappa shape index (κ2) is 4.04. The van der Waals surface area contributed by atoms with Crippen molar-refractivity contribution < 1.29 is 4.74 Å². The van der Waals surface area contributed by atoms with Crippen molar-refractivity contribution in [2.24, 2.45) is 0 Å². The molecule has 0 aliphatic heterocycles. The number of thiazole rings is 1.